The maximum absolute atomic E-state index is 13.5. The molecule has 4 rings (SSSR count). The highest BCUT2D eigenvalue weighted by molar-refractivity contribution is 5.99. The van der Waals surface area contributed by atoms with Gasteiger partial charge in [0.1, 0.15) is 11.5 Å². The normalized spacial score (nSPS) is 15.6. The van der Waals surface area contributed by atoms with Gasteiger partial charge in [-0.15, -0.1) is 13.2 Å². The number of aromatic nitrogens is 2. The molecule has 2 N–H and O–H groups in total. The molecule has 2 aromatic carbocycles. The monoisotopic (exact) mass is 549 g/mol. The van der Waals surface area contributed by atoms with Crippen LogP contribution >= 0.6 is 0 Å². The van der Waals surface area contributed by atoms with Crippen LogP contribution in [0.15, 0.2) is 48.5 Å². The Morgan fingerprint density at radius 1 is 1.08 bits per heavy atom. The lowest BCUT2D eigenvalue weighted by Crippen LogP contribution is -2.54. The zero-order valence-electron chi connectivity index (χ0n) is 21.7. The van der Waals surface area contributed by atoms with Gasteiger partial charge >= 0.3 is 12.4 Å². The van der Waals surface area contributed by atoms with Gasteiger partial charge in [0.15, 0.2) is 11.5 Å². The Hall–Kier alpha value is -3.81. The van der Waals surface area contributed by atoms with Crippen LogP contribution in [0.2, 0.25) is 0 Å². The lowest BCUT2D eigenvalue weighted by atomic mass is 10.1. The number of benzene rings is 2. The Labute approximate surface area is 223 Å². The second kappa shape index (κ2) is 11.5. The minimum atomic E-state index is -4.88. The van der Waals surface area contributed by atoms with E-state index in [0.29, 0.717) is 0 Å². The number of hydrogen-bond acceptors (Lipinski definition) is 8. The topological polar surface area (TPSA) is 104 Å². The molecule has 2 heterocycles. The van der Waals surface area contributed by atoms with Crippen molar-refractivity contribution in [2.24, 2.45) is 0 Å². The van der Waals surface area contributed by atoms with E-state index in [1.54, 1.807) is 7.05 Å². The highest BCUT2D eigenvalue weighted by Crippen LogP contribution is 2.36. The fraction of sp³-hybridized carbons (Fsp3) is 0.385. The predicted molar refractivity (Wildman–Crippen MR) is 136 cm³/mol. The first-order valence-electron chi connectivity index (χ1n) is 12.2. The molecule has 1 aliphatic rings. The molecule has 0 saturated carbocycles. The summed E-state index contributed by atoms with van der Waals surface area (Å²) < 4.78 is 49.6. The van der Waals surface area contributed by atoms with Crippen LogP contribution in [-0.4, -0.2) is 82.5 Å². The number of fused-ring (bicyclic) bond motifs is 1. The molecule has 0 saturated heterocycles. The largest absolute Gasteiger partial charge is 0.573 e. The highest BCUT2D eigenvalue weighted by atomic mass is 19.4. The van der Waals surface area contributed by atoms with E-state index < -0.39 is 24.4 Å². The number of aliphatic hydroxyl groups is 2. The molecule has 0 spiro atoms. The first-order chi connectivity index (χ1) is 18.5. The number of hydrogen-bond donors (Lipinski definition) is 2. The van der Waals surface area contributed by atoms with E-state index in [4.69, 9.17) is 4.74 Å². The lowest BCUT2D eigenvalue weighted by Gasteiger charge is -2.38. The van der Waals surface area contributed by atoms with Gasteiger partial charge in [0.05, 0.1) is 6.54 Å². The molecule has 13 heteroatoms. The number of imidazole rings is 1. The minimum Gasteiger partial charge on any atom is -0.425 e. The van der Waals surface area contributed by atoms with E-state index in [9.17, 15) is 28.2 Å². The number of carbonyl (C=O) groups excluding carboxylic acids is 1. The van der Waals surface area contributed by atoms with Crippen molar-refractivity contribution in [3.05, 3.63) is 65.4 Å². The summed E-state index contributed by atoms with van der Waals surface area (Å²) in [5.74, 6) is -0.841. The Balaban J connectivity index is 1.74. The van der Waals surface area contributed by atoms with E-state index in [-0.39, 0.29) is 49.4 Å². The van der Waals surface area contributed by atoms with E-state index >= 15 is 0 Å². The van der Waals surface area contributed by atoms with Crippen LogP contribution in [0.4, 0.5) is 19.0 Å². The highest BCUT2D eigenvalue weighted by Gasteiger charge is 2.40. The van der Waals surface area contributed by atoms with Crippen molar-refractivity contribution in [1.29, 1.82) is 0 Å². The molecule has 0 fully saturated rings. The van der Waals surface area contributed by atoms with Gasteiger partial charge < -0.3 is 29.5 Å². The Bertz CT molecular complexity index is 1300. The molecule has 0 radical (unpaired) electrons. The second-order valence-corrected chi connectivity index (χ2v) is 9.36. The summed E-state index contributed by atoms with van der Waals surface area (Å²) in [5.41, 5.74) is 2.04. The van der Waals surface area contributed by atoms with Crippen LogP contribution in [-0.2, 0) is 13.1 Å². The molecule has 1 aliphatic heterocycles. The molecule has 1 amide bonds. The Morgan fingerprint density at radius 2 is 1.74 bits per heavy atom. The van der Waals surface area contributed by atoms with Crippen LogP contribution in [0, 0.1) is 0 Å². The summed E-state index contributed by atoms with van der Waals surface area (Å²) in [4.78, 5) is 22.6. The van der Waals surface area contributed by atoms with Gasteiger partial charge in [-0.25, -0.2) is 0 Å². The fourth-order valence-electron chi connectivity index (χ4n) is 4.26. The van der Waals surface area contributed by atoms with Crippen molar-refractivity contribution in [3.63, 3.8) is 0 Å². The third-order valence-electron chi connectivity index (χ3n) is 6.00. The van der Waals surface area contributed by atoms with Crippen LogP contribution in [0.25, 0.3) is 0 Å². The van der Waals surface area contributed by atoms with E-state index in [2.05, 4.69) is 9.72 Å². The lowest BCUT2D eigenvalue weighted by molar-refractivity contribution is -0.274. The molecule has 39 heavy (non-hydrogen) atoms. The number of carbonyl (C=O) groups is 1. The van der Waals surface area contributed by atoms with Crippen molar-refractivity contribution in [3.8, 4) is 17.5 Å². The van der Waals surface area contributed by atoms with E-state index in [1.807, 2.05) is 43.3 Å². The number of rotatable bonds is 10. The van der Waals surface area contributed by atoms with Crippen molar-refractivity contribution in [2.75, 3.05) is 39.2 Å². The molecule has 1 unspecified atom stereocenters. The fourth-order valence-corrected chi connectivity index (χ4v) is 4.26. The summed E-state index contributed by atoms with van der Waals surface area (Å²) in [6.45, 7) is 0.822. The van der Waals surface area contributed by atoms with Gasteiger partial charge in [-0.3, -0.25) is 14.3 Å². The average molecular weight is 550 g/mol. The standard InChI is InChI=1S/C26H30F3N5O5/c1-31(2)15-17-8-10-18(11-9-17)16-34-21-22(32(3)25(37)33(23(21)36)12-5-13-35)30-24(34)38-19-6-4-7-20(14-19)39-26(27,28)29/h4,6-11,14,25,35,37H,5,12-13,15-16H2,1-3H3. The van der Waals surface area contributed by atoms with Crippen LogP contribution in [0.1, 0.15) is 28.0 Å². The number of anilines is 1. The first kappa shape index (κ1) is 28.2. The molecule has 3 aromatic rings. The molecule has 0 bridgehead atoms. The van der Waals surface area contributed by atoms with Gasteiger partial charge in [-0.05, 0) is 43.8 Å². The summed E-state index contributed by atoms with van der Waals surface area (Å²) >= 11 is 0. The molecule has 10 nitrogen and oxygen atoms in total. The minimum absolute atomic E-state index is 0.00876. The van der Waals surface area contributed by atoms with Crippen molar-refractivity contribution >= 4 is 11.7 Å². The maximum Gasteiger partial charge on any atom is 0.573 e. The Kier molecular flexibility index (Phi) is 8.33. The summed E-state index contributed by atoms with van der Waals surface area (Å²) in [6, 6.07) is 12.7. The van der Waals surface area contributed by atoms with Crippen LogP contribution in [0.5, 0.6) is 17.5 Å². The summed E-state index contributed by atoms with van der Waals surface area (Å²) in [6.07, 6.45) is -5.96. The van der Waals surface area contributed by atoms with Gasteiger partial charge in [0.2, 0.25) is 6.35 Å². The van der Waals surface area contributed by atoms with Crippen molar-refractivity contribution in [1.82, 2.24) is 19.4 Å². The second-order valence-electron chi connectivity index (χ2n) is 9.36. The number of halogens is 3. The molecule has 1 aromatic heterocycles. The zero-order valence-corrected chi connectivity index (χ0v) is 21.7. The SMILES string of the molecule is CN(C)Cc1ccc(Cn2c(Oc3cccc(OC(F)(F)F)c3)nc3c2C(=O)N(CCCO)C(O)N3C)cc1. The third-order valence-corrected chi connectivity index (χ3v) is 6.00. The predicted octanol–water partition coefficient (Wildman–Crippen LogP) is 3.23. The van der Waals surface area contributed by atoms with Crippen LogP contribution < -0.4 is 14.4 Å². The molecular weight excluding hydrogens is 519 g/mol. The smallest absolute Gasteiger partial charge is 0.425 e. The molecular formula is C26H30F3N5O5. The number of alkyl halides is 3. The third kappa shape index (κ3) is 6.61. The molecule has 1 atom stereocenters. The maximum atomic E-state index is 13.5. The van der Waals surface area contributed by atoms with Gasteiger partial charge in [0.25, 0.3) is 5.91 Å². The average Bonchev–Trinajstić information content (AvgIpc) is 3.20. The number of amides is 1. The molecule has 0 aliphatic carbocycles. The van der Waals surface area contributed by atoms with Gasteiger partial charge in [0, 0.05) is 32.8 Å². The zero-order chi connectivity index (χ0) is 28.3. The number of ether oxygens (including phenoxy) is 2. The Morgan fingerprint density at radius 3 is 2.38 bits per heavy atom. The quantitative estimate of drug-likeness (QED) is 0.398. The summed E-state index contributed by atoms with van der Waals surface area (Å²) in [5, 5.41) is 20.0. The summed E-state index contributed by atoms with van der Waals surface area (Å²) in [7, 11) is 5.48. The molecule has 210 valence electrons. The van der Waals surface area contributed by atoms with E-state index in [0.717, 1.165) is 29.8 Å². The van der Waals surface area contributed by atoms with E-state index in [1.165, 1.54) is 26.5 Å². The number of nitrogens with zero attached hydrogens (tertiary/aromatic N) is 5. The van der Waals surface area contributed by atoms with Gasteiger partial charge in [-0.1, -0.05) is 30.3 Å². The van der Waals surface area contributed by atoms with Gasteiger partial charge in [-0.2, -0.15) is 4.98 Å². The van der Waals surface area contributed by atoms with Crippen molar-refractivity contribution < 1.29 is 37.7 Å². The number of aliphatic hydroxyl groups excluding tert-OH is 2. The van der Waals surface area contributed by atoms with Crippen LogP contribution in [0.3, 0.4) is 0 Å². The van der Waals surface area contributed by atoms with Crippen molar-refractivity contribution in [2.45, 2.75) is 32.2 Å². The first-order valence-corrected chi connectivity index (χ1v) is 12.2.